The summed E-state index contributed by atoms with van der Waals surface area (Å²) in [5, 5.41) is 9.71. The Bertz CT molecular complexity index is 613. The Hall–Kier alpha value is -1.95. The average Bonchev–Trinajstić information content (AvgIpc) is 2.51. The number of carbonyl (C=O) groups excluding carboxylic acids is 1. The second-order valence-electron chi connectivity index (χ2n) is 8.34. The fourth-order valence-corrected chi connectivity index (χ4v) is 4.02. The van der Waals surface area contributed by atoms with Gasteiger partial charge in [0.2, 0.25) is 0 Å². The Morgan fingerprint density at radius 2 is 1.73 bits per heavy atom. The summed E-state index contributed by atoms with van der Waals surface area (Å²) in [6, 6.07) is 5.87. The number of piperidine rings is 1. The van der Waals surface area contributed by atoms with E-state index in [2.05, 4.69) is 43.6 Å². The normalized spacial score (nSPS) is 18.8. The van der Waals surface area contributed by atoms with Crippen LogP contribution in [0.25, 0.3) is 0 Å². The van der Waals surface area contributed by atoms with Crippen molar-refractivity contribution in [3.63, 3.8) is 0 Å². The number of ether oxygens (including phenoxy) is 2. The molecule has 26 heavy (non-hydrogen) atoms. The van der Waals surface area contributed by atoms with Gasteiger partial charge >= 0.3 is 6.03 Å². The summed E-state index contributed by atoms with van der Waals surface area (Å²) in [5.74, 6) is 1.41. The van der Waals surface area contributed by atoms with Crippen molar-refractivity contribution in [2.75, 3.05) is 20.8 Å². The van der Waals surface area contributed by atoms with Crippen molar-refractivity contribution in [1.29, 1.82) is 0 Å². The Labute approximate surface area is 157 Å². The highest BCUT2D eigenvalue weighted by atomic mass is 16.5. The third-order valence-electron chi connectivity index (χ3n) is 4.67. The van der Waals surface area contributed by atoms with Gasteiger partial charge in [-0.2, -0.15) is 0 Å². The third-order valence-corrected chi connectivity index (χ3v) is 4.67. The molecular weight excluding hydrogens is 330 g/mol. The van der Waals surface area contributed by atoms with Crippen molar-refractivity contribution in [2.24, 2.45) is 0 Å². The van der Waals surface area contributed by atoms with Crippen LogP contribution in [0.5, 0.6) is 11.5 Å². The topological polar surface area (TPSA) is 71.6 Å². The maximum atomic E-state index is 12.3. The van der Waals surface area contributed by atoms with Gasteiger partial charge in [0.1, 0.15) is 0 Å². The molecule has 6 heteroatoms. The van der Waals surface area contributed by atoms with E-state index in [4.69, 9.17) is 9.47 Å². The molecule has 1 fully saturated rings. The van der Waals surface area contributed by atoms with Gasteiger partial charge in [0, 0.05) is 23.7 Å². The lowest BCUT2D eigenvalue weighted by molar-refractivity contribution is 0.147. The Kier molecular flexibility index (Phi) is 6.39. The zero-order valence-corrected chi connectivity index (χ0v) is 16.9. The lowest BCUT2D eigenvalue weighted by Gasteiger charge is -2.46. The third kappa shape index (κ3) is 5.80. The lowest BCUT2D eigenvalue weighted by Crippen LogP contribution is -2.62. The molecule has 0 aliphatic carbocycles. The first-order chi connectivity index (χ1) is 12.1. The number of rotatable bonds is 6. The largest absolute Gasteiger partial charge is 0.493 e. The van der Waals surface area contributed by atoms with Crippen LogP contribution in [0.15, 0.2) is 18.2 Å². The van der Waals surface area contributed by atoms with Crippen LogP contribution < -0.4 is 25.4 Å². The minimum atomic E-state index is -0.107. The summed E-state index contributed by atoms with van der Waals surface area (Å²) >= 11 is 0. The molecule has 1 aliphatic heterocycles. The van der Waals surface area contributed by atoms with Crippen molar-refractivity contribution in [3.05, 3.63) is 23.8 Å². The molecule has 1 aromatic carbocycles. The summed E-state index contributed by atoms with van der Waals surface area (Å²) in [5.41, 5.74) is 1.12. The van der Waals surface area contributed by atoms with E-state index in [9.17, 15) is 4.79 Å². The molecule has 1 aromatic rings. The van der Waals surface area contributed by atoms with E-state index >= 15 is 0 Å². The van der Waals surface area contributed by atoms with E-state index < -0.39 is 0 Å². The van der Waals surface area contributed by atoms with Crippen LogP contribution in [0.3, 0.4) is 0 Å². The molecule has 146 valence electrons. The molecule has 0 bridgehead atoms. The van der Waals surface area contributed by atoms with E-state index in [1.165, 1.54) is 0 Å². The Morgan fingerprint density at radius 1 is 1.12 bits per heavy atom. The molecule has 0 spiro atoms. The quantitative estimate of drug-likeness (QED) is 0.727. The van der Waals surface area contributed by atoms with Crippen LogP contribution in [-0.4, -0.2) is 43.9 Å². The van der Waals surface area contributed by atoms with Crippen LogP contribution >= 0.6 is 0 Å². The molecule has 1 heterocycles. The van der Waals surface area contributed by atoms with Crippen LogP contribution in [0.1, 0.15) is 46.1 Å². The van der Waals surface area contributed by atoms with Gasteiger partial charge in [-0.05, 0) is 64.7 Å². The molecule has 0 aromatic heterocycles. The molecule has 0 unspecified atom stereocenters. The smallest absolute Gasteiger partial charge is 0.315 e. The minimum absolute atomic E-state index is 0.0132. The fourth-order valence-electron chi connectivity index (χ4n) is 4.02. The zero-order valence-electron chi connectivity index (χ0n) is 16.9. The number of hydrogen-bond donors (Lipinski definition) is 3. The average molecular weight is 364 g/mol. The van der Waals surface area contributed by atoms with Crippen molar-refractivity contribution in [2.45, 2.75) is 64.1 Å². The minimum Gasteiger partial charge on any atom is -0.493 e. The van der Waals surface area contributed by atoms with Crippen molar-refractivity contribution >= 4 is 6.03 Å². The highest BCUT2D eigenvalue weighted by molar-refractivity contribution is 5.74. The Morgan fingerprint density at radius 3 is 2.31 bits per heavy atom. The first kappa shape index (κ1) is 20.4. The number of methoxy groups -OCH3 is 2. The number of urea groups is 1. The number of nitrogens with one attached hydrogen (secondary N) is 3. The maximum Gasteiger partial charge on any atom is 0.315 e. The van der Waals surface area contributed by atoms with Gasteiger partial charge in [-0.25, -0.2) is 4.79 Å². The standard InChI is InChI=1S/C20H33N3O3/c1-19(2)12-15(13-20(3,4)23-19)22-18(24)21-10-9-14-7-8-16(25-5)17(11-14)26-6/h7-8,11,15,23H,9-10,12-13H2,1-6H3,(H2,21,22,24). The fraction of sp³-hybridized carbons (Fsp3) is 0.650. The summed E-state index contributed by atoms with van der Waals surface area (Å²) in [6.07, 6.45) is 2.57. The van der Waals surface area contributed by atoms with E-state index in [1.807, 2.05) is 18.2 Å². The molecular formula is C20H33N3O3. The van der Waals surface area contributed by atoms with E-state index in [-0.39, 0.29) is 23.2 Å². The summed E-state index contributed by atoms with van der Waals surface area (Å²) in [4.78, 5) is 12.3. The van der Waals surface area contributed by atoms with Crippen LogP contribution in [0.2, 0.25) is 0 Å². The molecule has 1 aliphatic rings. The molecule has 6 nitrogen and oxygen atoms in total. The van der Waals surface area contributed by atoms with Gasteiger partial charge in [-0.1, -0.05) is 6.07 Å². The molecule has 0 atom stereocenters. The number of amides is 2. The van der Waals surface area contributed by atoms with Crippen molar-refractivity contribution in [1.82, 2.24) is 16.0 Å². The second kappa shape index (κ2) is 8.16. The van der Waals surface area contributed by atoms with Gasteiger partial charge in [0.05, 0.1) is 14.2 Å². The first-order valence-corrected chi connectivity index (χ1v) is 9.19. The van der Waals surface area contributed by atoms with Crippen LogP contribution in [0, 0.1) is 0 Å². The molecule has 2 rings (SSSR count). The summed E-state index contributed by atoms with van der Waals surface area (Å²) in [7, 11) is 3.24. The van der Waals surface area contributed by atoms with E-state index in [0.717, 1.165) is 24.8 Å². The monoisotopic (exact) mass is 363 g/mol. The number of benzene rings is 1. The molecule has 1 saturated heterocycles. The SMILES string of the molecule is COc1ccc(CCNC(=O)NC2CC(C)(C)NC(C)(C)C2)cc1OC. The predicted molar refractivity (Wildman–Crippen MR) is 104 cm³/mol. The lowest BCUT2D eigenvalue weighted by atomic mass is 9.80. The number of carbonyl (C=O) groups is 1. The van der Waals surface area contributed by atoms with Gasteiger partial charge in [0.15, 0.2) is 11.5 Å². The first-order valence-electron chi connectivity index (χ1n) is 9.19. The summed E-state index contributed by atoms with van der Waals surface area (Å²) < 4.78 is 10.6. The molecule has 2 amide bonds. The molecule has 0 saturated carbocycles. The maximum absolute atomic E-state index is 12.3. The number of hydrogen-bond acceptors (Lipinski definition) is 4. The summed E-state index contributed by atoms with van der Waals surface area (Å²) in [6.45, 7) is 9.28. The highest BCUT2D eigenvalue weighted by Crippen LogP contribution is 2.29. The Balaban J connectivity index is 1.82. The van der Waals surface area contributed by atoms with Crippen LogP contribution in [-0.2, 0) is 6.42 Å². The second-order valence-corrected chi connectivity index (χ2v) is 8.34. The van der Waals surface area contributed by atoms with Crippen LogP contribution in [0.4, 0.5) is 4.79 Å². The van der Waals surface area contributed by atoms with E-state index in [0.29, 0.717) is 18.0 Å². The van der Waals surface area contributed by atoms with Gasteiger partial charge in [-0.15, -0.1) is 0 Å². The van der Waals surface area contributed by atoms with Gasteiger partial charge in [0.25, 0.3) is 0 Å². The van der Waals surface area contributed by atoms with Gasteiger partial charge in [-0.3, -0.25) is 0 Å². The molecule has 3 N–H and O–H groups in total. The molecule has 0 radical (unpaired) electrons. The predicted octanol–water partition coefficient (Wildman–Crippen LogP) is 2.85. The van der Waals surface area contributed by atoms with E-state index in [1.54, 1.807) is 14.2 Å². The zero-order chi connectivity index (χ0) is 19.4. The highest BCUT2D eigenvalue weighted by Gasteiger charge is 2.38. The van der Waals surface area contributed by atoms with Crippen molar-refractivity contribution < 1.29 is 14.3 Å². The van der Waals surface area contributed by atoms with Gasteiger partial charge < -0.3 is 25.4 Å². The van der Waals surface area contributed by atoms with Crippen molar-refractivity contribution in [3.8, 4) is 11.5 Å².